The molecule has 0 aliphatic carbocycles. The van der Waals surface area contributed by atoms with Crippen molar-refractivity contribution in [2.45, 2.75) is 39.2 Å². The molecule has 0 aliphatic heterocycles. The van der Waals surface area contributed by atoms with Gasteiger partial charge in [-0.2, -0.15) is 0 Å². The Bertz CT molecular complexity index is 1270. The van der Waals surface area contributed by atoms with E-state index in [4.69, 9.17) is 14.5 Å². The zero-order valence-corrected chi connectivity index (χ0v) is 20.5. The lowest BCUT2D eigenvalue weighted by atomic mass is 10.1. The lowest BCUT2D eigenvalue weighted by Crippen LogP contribution is -2.25. The number of unbranched alkanes of at least 4 members (excludes halogenated alkanes) is 1. The number of imidazole rings is 1. The van der Waals surface area contributed by atoms with Crippen LogP contribution in [-0.2, 0) is 13.0 Å². The molecule has 0 bridgehead atoms. The third kappa shape index (κ3) is 6.21. The maximum Gasteiger partial charge on any atom is 0.251 e. The van der Waals surface area contributed by atoms with E-state index in [1.54, 1.807) is 7.11 Å². The molecule has 0 radical (unpaired) electrons. The number of carbonyl (C=O) groups is 1. The number of hydrogen-bond acceptors (Lipinski definition) is 4. The number of aromatic nitrogens is 2. The lowest BCUT2D eigenvalue weighted by Gasteiger charge is -2.12. The van der Waals surface area contributed by atoms with Crippen LogP contribution in [0.15, 0.2) is 72.8 Å². The van der Waals surface area contributed by atoms with Gasteiger partial charge in [0, 0.05) is 25.1 Å². The minimum Gasteiger partial charge on any atom is -0.493 e. The van der Waals surface area contributed by atoms with E-state index in [1.165, 1.54) is 0 Å². The van der Waals surface area contributed by atoms with Crippen LogP contribution in [0.4, 0.5) is 0 Å². The quantitative estimate of drug-likeness (QED) is 0.274. The number of rotatable bonds is 12. The minimum absolute atomic E-state index is 0.0216. The molecule has 0 spiro atoms. The first-order chi connectivity index (χ1) is 17.2. The van der Waals surface area contributed by atoms with Crippen molar-refractivity contribution in [3.05, 3.63) is 89.7 Å². The molecule has 0 aliphatic rings. The monoisotopic (exact) mass is 471 g/mol. The zero-order valence-electron chi connectivity index (χ0n) is 20.5. The van der Waals surface area contributed by atoms with Gasteiger partial charge in [-0.15, -0.1) is 0 Å². The number of amides is 1. The van der Waals surface area contributed by atoms with Gasteiger partial charge >= 0.3 is 0 Å². The van der Waals surface area contributed by atoms with Gasteiger partial charge in [-0.25, -0.2) is 4.98 Å². The summed E-state index contributed by atoms with van der Waals surface area (Å²) in [4.78, 5) is 17.4. The largest absolute Gasteiger partial charge is 0.493 e. The molecule has 0 unspecified atom stereocenters. The Morgan fingerprint density at radius 1 is 0.914 bits per heavy atom. The fraction of sp³-hybridized carbons (Fsp3) is 0.310. The van der Waals surface area contributed by atoms with Gasteiger partial charge in [0.1, 0.15) is 5.82 Å². The second-order valence-corrected chi connectivity index (χ2v) is 8.55. The van der Waals surface area contributed by atoms with E-state index in [-0.39, 0.29) is 5.91 Å². The number of benzene rings is 3. The maximum absolute atomic E-state index is 12.5. The summed E-state index contributed by atoms with van der Waals surface area (Å²) < 4.78 is 13.6. The summed E-state index contributed by atoms with van der Waals surface area (Å²) in [6.45, 7) is 4.08. The molecule has 1 aromatic heterocycles. The summed E-state index contributed by atoms with van der Waals surface area (Å²) in [6, 6.07) is 23.6. The maximum atomic E-state index is 12.5. The van der Waals surface area contributed by atoms with Gasteiger partial charge in [-0.1, -0.05) is 42.5 Å². The minimum atomic E-state index is -0.0216. The van der Waals surface area contributed by atoms with Crippen molar-refractivity contribution < 1.29 is 14.3 Å². The van der Waals surface area contributed by atoms with Crippen LogP contribution in [0.3, 0.4) is 0 Å². The fourth-order valence-corrected chi connectivity index (χ4v) is 4.23. The van der Waals surface area contributed by atoms with Crippen LogP contribution >= 0.6 is 0 Å². The van der Waals surface area contributed by atoms with Gasteiger partial charge in [0.2, 0.25) is 0 Å². The Morgan fingerprint density at radius 3 is 2.49 bits per heavy atom. The van der Waals surface area contributed by atoms with Crippen LogP contribution < -0.4 is 14.8 Å². The van der Waals surface area contributed by atoms with E-state index in [0.717, 1.165) is 71.7 Å². The molecule has 1 amide bonds. The molecule has 0 atom stereocenters. The average Bonchev–Trinajstić information content (AvgIpc) is 3.24. The third-order valence-electron chi connectivity index (χ3n) is 6.09. The summed E-state index contributed by atoms with van der Waals surface area (Å²) >= 11 is 0. The second kappa shape index (κ2) is 12.1. The summed E-state index contributed by atoms with van der Waals surface area (Å²) in [7, 11) is 1.65. The van der Waals surface area contributed by atoms with Crippen LogP contribution in [0.2, 0.25) is 0 Å². The number of carbonyl (C=O) groups excluding carboxylic acids is 1. The number of ether oxygens (including phenoxy) is 2. The zero-order chi connectivity index (χ0) is 24.5. The first-order valence-corrected chi connectivity index (χ1v) is 12.2. The average molecular weight is 472 g/mol. The van der Waals surface area contributed by atoms with Crippen molar-refractivity contribution in [3.63, 3.8) is 0 Å². The molecular formula is C29H33N3O3. The first kappa shape index (κ1) is 24.3. The number of nitrogens with zero attached hydrogens (tertiary/aromatic N) is 2. The molecule has 6 nitrogen and oxygen atoms in total. The third-order valence-corrected chi connectivity index (χ3v) is 6.09. The van der Waals surface area contributed by atoms with Crippen LogP contribution in [0.1, 0.15) is 41.0 Å². The van der Waals surface area contributed by atoms with E-state index in [9.17, 15) is 4.79 Å². The Morgan fingerprint density at radius 2 is 1.66 bits per heavy atom. The number of aryl methyl sites for hydroxylation is 3. The van der Waals surface area contributed by atoms with Crippen molar-refractivity contribution in [2.75, 3.05) is 20.3 Å². The normalized spacial score (nSPS) is 10.9. The molecule has 35 heavy (non-hydrogen) atoms. The highest BCUT2D eigenvalue weighted by molar-refractivity contribution is 5.95. The van der Waals surface area contributed by atoms with E-state index < -0.39 is 0 Å². The van der Waals surface area contributed by atoms with E-state index in [2.05, 4.69) is 28.1 Å². The SMILES string of the molecule is COc1ccccc1OCCCCn1c(CCCNC(=O)c2ccccc2C)nc2ccccc21. The number of fused-ring (bicyclic) bond motifs is 1. The predicted octanol–water partition coefficient (Wildman–Crippen LogP) is 5.58. The Hall–Kier alpha value is -3.80. The smallest absolute Gasteiger partial charge is 0.251 e. The van der Waals surface area contributed by atoms with Crippen LogP contribution in [0.25, 0.3) is 11.0 Å². The van der Waals surface area contributed by atoms with Crippen molar-refractivity contribution in [3.8, 4) is 11.5 Å². The number of methoxy groups -OCH3 is 1. The Kier molecular flexibility index (Phi) is 8.39. The molecule has 182 valence electrons. The van der Waals surface area contributed by atoms with Crippen molar-refractivity contribution in [2.24, 2.45) is 0 Å². The molecule has 6 heteroatoms. The highest BCUT2D eigenvalue weighted by Gasteiger charge is 2.12. The summed E-state index contributed by atoms with van der Waals surface area (Å²) in [5.41, 5.74) is 3.88. The van der Waals surface area contributed by atoms with Crippen molar-refractivity contribution >= 4 is 16.9 Å². The number of para-hydroxylation sites is 4. The number of hydrogen-bond donors (Lipinski definition) is 1. The molecule has 4 aromatic rings. The molecule has 1 heterocycles. The Balaban J connectivity index is 1.30. The molecule has 0 saturated heterocycles. The van der Waals surface area contributed by atoms with Gasteiger partial charge in [0.05, 0.1) is 24.8 Å². The molecule has 1 N–H and O–H groups in total. The van der Waals surface area contributed by atoms with E-state index in [1.807, 2.05) is 61.5 Å². The highest BCUT2D eigenvalue weighted by Crippen LogP contribution is 2.26. The molecule has 0 fully saturated rings. The highest BCUT2D eigenvalue weighted by atomic mass is 16.5. The van der Waals surface area contributed by atoms with Crippen LogP contribution in [0, 0.1) is 6.92 Å². The van der Waals surface area contributed by atoms with Gasteiger partial charge in [-0.05, 0) is 62.1 Å². The Labute approximate surface area is 206 Å². The molecule has 3 aromatic carbocycles. The number of nitrogens with one attached hydrogen (secondary N) is 1. The van der Waals surface area contributed by atoms with Crippen LogP contribution in [-0.4, -0.2) is 35.7 Å². The summed E-state index contributed by atoms with van der Waals surface area (Å²) in [5.74, 6) is 2.56. The van der Waals surface area contributed by atoms with Crippen LogP contribution in [0.5, 0.6) is 11.5 Å². The van der Waals surface area contributed by atoms with E-state index in [0.29, 0.717) is 13.2 Å². The molecule has 4 rings (SSSR count). The van der Waals surface area contributed by atoms with Gasteiger partial charge < -0.3 is 19.4 Å². The fourth-order valence-electron chi connectivity index (χ4n) is 4.23. The summed E-state index contributed by atoms with van der Waals surface area (Å²) in [5, 5.41) is 3.05. The van der Waals surface area contributed by atoms with Gasteiger partial charge in [0.15, 0.2) is 11.5 Å². The van der Waals surface area contributed by atoms with Crippen molar-refractivity contribution in [1.82, 2.24) is 14.9 Å². The van der Waals surface area contributed by atoms with Crippen molar-refractivity contribution in [1.29, 1.82) is 0 Å². The molecular weight excluding hydrogens is 438 g/mol. The topological polar surface area (TPSA) is 65.4 Å². The van der Waals surface area contributed by atoms with Gasteiger partial charge in [-0.3, -0.25) is 4.79 Å². The molecule has 0 saturated carbocycles. The second-order valence-electron chi connectivity index (χ2n) is 8.55. The lowest BCUT2D eigenvalue weighted by molar-refractivity contribution is 0.0952. The standard InChI is InChI=1S/C29H33N3O3/c1-22-12-3-4-13-23(22)29(33)30-19-11-18-28-31-24-14-5-6-15-25(24)32(28)20-9-10-21-35-27-17-8-7-16-26(27)34-2/h3-8,12-17H,9-11,18-21H2,1-2H3,(H,30,33). The first-order valence-electron chi connectivity index (χ1n) is 12.2. The van der Waals surface area contributed by atoms with Gasteiger partial charge in [0.25, 0.3) is 5.91 Å². The predicted molar refractivity (Wildman–Crippen MR) is 139 cm³/mol. The summed E-state index contributed by atoms with van der Waals surface area (Å²) in [6.07, 6.45) is 3.54. The van der Waals surface area contributed by atoms with E-state index >= 15 is 0 Å².